The van der Waals surface area contributed by atoms with Gasteiger partial charge in [-0.05, 0) is 24.3 Å². The number of urea groups is 1. The first kappa shape index (κ1) is 14.4. The van der Waals surface area contributed by atoms with Crippen LogP contribution in [-0.2, 0) is 11.3 Å². The van der Waals surface area contributed by atoms with Crippen molar-refractivity contribution in [3.63, 3.8) is 0 Å². The summed E-state index contributed by atoms with van der Waals surface area (Å²) < 4.78 is 4.63. The van der Waals surface area contributed by atoms with Gasteiger partial charge in [0.05, 0.1) is 6.54 Å². The van der Waals surface area contributed by atoms with Crippen LogP contribution in [0.25, 0.3) is 0 Å². The van der Waals surface area contributed by atoms with E-state index in [4.69, 9.17) is 5.11 Å². The van der Waals surface area contributed by atoms with Crippen LogP contribution in [0.15, 0.2) is 41.1 Å². The lowest BCUT2D eigenvalue weighted by Gasteiger charge is -2.21. The molecule has 0 saturated heterocycles. The summed E-state index contributed by atoms with van der Waals surface area (Å²) in [5, 5.41) is 24.3. The molecule has 0 saturated carbocycles. The Bertz CT molecular complexity index is 609. The Morgan fingerprint density at radius 1 is 1.24 bits per heavy atom. The molecule has 1 heterocycles. The molecule has 1 aromatic heterocycles. The SMILES string of the molecule is O=C(O)CN(C(=O)NCc1ccon1)c1ccc(O)cc1. The number of hydrogen-bond donors (Lipinski definition) is 3. The van der Waals surface area contributed by atoms with Crippen LogP contribution >= 0.6 is 0 Å². The van der Waals surface area contributed by atoms with Crippen molar-refractivity contribution in [2.75, 3.05) is 11.4 Å². The Labute approximate surface area is 119 Å². The number of carboxylic acid groups (broad SMARTS) is 1. The van der Waals surface area contributed by atoms with Crippen molar-refractivity contribution in [2.24, 2.45) is 0 Å². The van der Waals surface area contributed by atoms with E-state index >= 15 is 0 Å². The van der Waals surface area contributed by atoms with Crippen LogP contribution in [0, 0.1) is 0 Å². The fourth-order valence-corrected chi connectivity index (χ4v) is 1.64. The van der Waals surface area contributed by atoms with E-state index in [-0.39, 0.29) is 12.3 Å². The van der Waals surface area contributed by atoms with Gasteiger partial charge in [-0.25, -0.2) is 4.79 Å². The minimum Gasteiger partial charge on any atom is -0.508 e. The summed E-state index contributed by atoms with van der Waals surface area (Å²) in [6.45, 7) is -0.390. The minimum atomic E-state index is -1.15. The number of carboxylic acids is 1. The largest absolute Gasteiger partial charge is 0.508 e. The van der Waals surface area contributed by atoms with Gasteiger partial charge in [0.15, 0.2) is 0 Å². The molecule has 0 unspecified atom stereocenters. The lowest BCUT2D eigenvalue weighted by molar-refractivity contribution is -0.135. The number of nitrogens with zero attached hydrogens (tertiary/aromatic N) is 2. The number of aromatic hydroxyl groups is 1. The van der Waals surface area contributed by atoms with Crippen LogP contribution in [0.1, 0.15) is 5.69 Å². The number of benzene rings is 1. The second kappa shape index (κ2) is 6.42. The predicted octanol–water partition coefficient (Wildman–Crippen LogP) is 1.18. The van der Waals surface area contributed by atoms with Crippen molar-refractivity contribution in [2.45, 2.75) is 6.54 Å². The van der Waals surface area contributed by atoms with Gasteiger partial charge in [-0.2, -0.15) is 0 Å². The van der Waals surface area contributed by atoms with Gasteiger partial charge >= 0.3 is 12.0 Å². The molecule has 1 aromatic carbocycles. The van der Waals surface area contributed by atoms with Gasteiger partial charge in [-0.3, -0.25) is 9.69 Å². The molecular formula is C13H13N3O5. The molecule has 0 bridgehead atoms. The highest BCUT2D eigenvalue weighted by atomic mass is 16.5. The molecule has 0 aliphatic carbocycles. The van der Waals surface area contributed by atoms with Gasteiger partial charge in [0.2, 0.25) is 0 Å². The molecule has 21 heavy (non-hydrogen) atoms. The van der Waals surface area contributed by atoms with E-state index in [2.05, 4.69) is 15.0 Å². The van der Waals surface area contributed by atoms with Crippen LogP contribution in [-0.4, -0.2) is 33.9 Å². The summed E-state index contributed by atoms with van der Waals surface area (Å²) in [4.78, 5) is 24.0. The summed E-state index contributed by atoms with van der Waals surface area (Å²) in [6.07, 6.45) is 1.37. The van der Waals surface area contributed by atoms with Crippen molar-refractivity contribution in [3.8, 4) is 5.75 Å². The number of hydrogen-bond acceptors (Lipinski definition) is 5. The molecule has 8 nitrogen and oxygen atoms in total. The standard InChI is InChI=1S/C13H13N3O5/c17-11-3-1-10(2-4-11)16(8-12(18)19)13(20)14-7-9-5-6-21-15-9/h1-6,17H,7-8H2,(H,14,20)(H,18,19). The van der Waals surface area contributed by atoms with Crippen molar-refractivity contribution < 1.29 is 24.3 Å². The van der Waals surface area contributed by atoms with E-state index in [1.807, 2.05) is 0 Å². The van der Waals surface area contributed by atoms with Gasteiger partial charge in [-0.1, -0.05) is 5.16 Å². The first-order chi connectivity index (χ1) is 10.1. The Morgan fingerprint density at radius 3 is 2.52 bits per heavy atom. The average Bonchev–Trinajstić information content (AvgIpc) is 2.96. The summed E-state index contributed by atoms with van der Waals surface area (Å²) in [5.74, 6) is -1.13. The van der Waals surface area contributed by atoms with Gasteiger partial charge in [0, 0.05) is 11.8 Å². The third-order valence-corrected chi connectivity index (χ3v) is 2.61. The topological polar surface area (TPSA) is 116 Å². The Balaban J connectivity index is 2.09. The van der Waals surface area contributed by atoms with Crippen LogP contribution in [0.2, 0.25) is 0 Å². The number of phenols is 1. The summed E-state index contributed by atoms with van der Waals surface area (Å²) in [6, 6.07) is 6.64. The molecule has 3 N–H and O–H groups in total. The van der Waals surface area contributed by atoms with Crippen LogP contribution < -0.4 is 10.2 Å². The van der Waals surface area contributed by atoms with Crippen molar-refractivity contribution in [1.82, 2.24) is 10.5 Å². The second-order valence-corrected chi connectivity index (χ2v) is 4.15. The van der Waals surface area contributed by atoms with Gasteiger partial charge < -0.3 is 20.1 Å². The number of carbonyl (C=O) groups excluding carboxylic acids is 1. The van der Waals surface area contributed by atoms with Crippen LogP contribution in [0.3, 0.4) is 0 Å². The maximum atomic E-state index is 12.1. The normalized spacial score (nSPS) is 10.1. The molecule has 2 amide bonds. The molecule has 0 fully saturated rings. The molecule has 0 radical (unpaired) electrons. The zero-order chi connectivity index (χ0) is 15.2. The highest BCUT2D eigenvalue weighted by Crippen LogP contribution is 2.18. The Kier molecular flexibility index (Phi) is 4.39. The minimum absolute atomic E-state index is 0.0250. The fraction of sp³-hybridized carbons (Fsp3) is 0.154. The Morgan fingerprint density at radius 2 is 1.95 bits per heavy atom. The average molecular weight is 291 g/mol. The molecule has 2 rings (SSSR count). The zero-order valence-electron chi connectivity index (χ0n) is 10.9. The molecule has 8 heteroatoms. The number of phenolic OH excluding ortho intramolecular Hbond substituents is 1. The highest BCUT2D eigenvalue weighted by Gasteiger charge is 2.18. The lowest BCUT2D eigenvalue weighted by Crippen LogP contribution is -2.42. The second-order valence-electron chi connectivity index (χ2n) is 4.15. The number of nitrogens with one attached hydrogen (secondary N) is 1. The molecule has 2 aromatic rings. The molecule has 0 aliphatic heterocycles. The van der Waals surface area contributed by atoms with Gasteiger partial charge in [-0.15, -0.1) is 0 Å². The van der Waals surface area contributed by atoms with E-state index in [1.165, 1.54) is 30.5 Å². The van der Waals surface area contributed by atoms with E-state index in [0.29, 0.717) is 11.4 Å². The van der Waals surface area contributed by atoms with E-state index in [1.54, 1.807) is 6.07 Å². The first-order valence-corrected chi connectivity index (χ1v) is 6.01. The lowest BCUT2D eigenvalue weighted by atomic mass is 10.2. The summed E-state index contributed by atoms with van der Waals surface area (Å²) in [7, 11) is 0. The van der Waals surface area contributed by atoms with Crippen LogP contribution in [0.5, 0.6) is 5.75 Å². The summed E-state index contributed by atoms with van der Waals surface area (Å²) in [5.41, 5.74) is 0.872. The van der Waals surface area contributed by atoms with E-state index < -0.39 is 18.5 Å². The maximum absolute atomic E-state index is 12.1. The monoisotopic (exact) mass is 291 g/mol. The van der Waals surface area contributed by atoms with Crippen molar-refractivity contribution >= 4 is 17.7 Å². The first-order valence-electron chi connectivity index (χ1n) is 6.01. The number of aromatic nitrogens is 1. The smallest absolute Gasteiger partial charge is 0.323 e. The number of rotatable bonds is 5. The zero-order valence-corrected chi connectivity index (χ0v) is 10.9. The predicted molar refractivity (Wildman–Crippen MR) is 71.8 cm³/mol. The quantitative estimate of drug-likeness (QED) is 0.761. The number of amides is 2. The van der Waals surface area contributed by atoms with Crippen molar-refractivity contribution in [3.05, 3.63) is 42.3 Å². The molecule has 0 spiro atoms. The highest BCUT2D eigenvalue weighted by molar-refractivity contribution is 5.96. The van der Waals surface area contributed by atoms with E-state index in [0.717, 1.165) is 4.90 Å². The molecular weight excluding hydrogens is 278 g/mol. The number of aliphatic carboxylic acids is 1. The summed E-state index contributed by atoms with van der Waals surface area (Å²) >= 11 is 0. The molecule has 0 atom stereocenters. The van der Waals surface area contributed by atoms with Gasteiger partial charge in [0.25, 0.3) is 0 Å². The molecule has 0 aliphatic rings. The molecule has 110 valence electrons. The fourth-order valence-electron chi connectivity index (χ4n) is 1.64. The number of carbonyl (C=O) groups is 2. The maximum Gasteiger partial charge on any atom is 0.323 e. The van der Waals surface area contributed by atoms with Gasteiger partial charge in [0.1, 0.15) is 24.3 Å². The third-order valence-electron chi connectivity index (χ3n) is 2.61. The number of anilines is 1. The third kappa shape index (κ3) is 3.96. The van der Waals surface area contributed by atoms with Crippen LogP contribution in [0.4, 0.5) is 10.5 Å². The Hall–Kier alpha value is -3.03. The van der Waals surface area contributed by atoms with Crippen molar-refractivity contribution in [1.29, 1.82) is 0 Å². The van der Waals surface area contributed by atoms with E-state index in [9.17, 15) is 14.7 Å².